The van der Waals surface area contributed by atoms with Crippen molar-refractivity contribution in [3.63, 3.8) is 0 Å². The van der Waals surface area contributed by atoms with E-state index in [0.29, 0.717) is 10.0 Å². The van der Waals surface area contributed by atoms with Gasteiger partial charge in [0, 0.05) is 16.5 Å². The van der Waals surface area contributed by atoms with Gasteiger partial charge in [-0.1, -0.05) is 27.5 Å². The number of aliphatic hydroxyl groups is 1. The molecule has 1 rings (SSSR count). The summed E-state index contributed by atoms with van der Waals surface area (Å²) in [4.78, 5) is 0. The Kier molecular flexibility index (Phi) is 3.71. The first kappa shape index (κ1) is 11.0. The van der Waals surface area contributed by atoms with E-state index in [0.717, 1.165) is 0 Å². The second-order valence-corrected chi connectivity index (χ2v) is 4.14. The zero-order chi connectivity index (χ0) is 10.0. The molecule has 0 saturated carbocycles. The predicted octanol–water partition coefficient (Wildman–Crippen LogP) is 3.16. The summed E-state index contributed by atoms with van der Waals surface area (Å²) < 4.78 is 14.0. The minimum absolute atomic E-state index is 0.0823. The van der Waals surface area contributed by atoms with Crippen LogP contribution in [0, 0.1) is 5.82 Å². The van der Waals surface area contributed by atoms with Crippen molar-refractivity contribution in [2.75, 3.05) is 0 Å². The van der Waals surface area contributed by atoms with E-state index in [1.54, 1.807) is 13.0 Å². The van der Waals surface area contributed by atoms with E-state index in [1.807, 2.05) is 0 Å². The standard InChI is InChI=1S/C9H9BrClFO/c1-5(13)4-6-7(10)2-3-8(11)9(6)12/h2-3,5,13H,4H2,1H3/t5-/m1/s1. The van der Waals surface area contributed by atoms with Crippen LogP contribution >= 0.6 is 27.5 Å². The van der Waals surface area contributed by atoms with Crippen LogP contribution in [-0.4, -0.2) is 11.2 Å². The molecule has 4 heteroatoms. The van der Waals surface area contributed by atoms with Gasteiger partial charge in [-0.25, -0.2) is 4.39 Å². The average Bonchev–Trinajstić information content (AvgIpc) is 2.05. The van der Waals surface area contributed by atoms with E-state index in [4.69, 9.17) is 16.7 Å². The molecule has 0 aliphatic heterocycles. The highest BCUT2D eigenvalue weighted by Crippen LogP contribution is 2.26. The SMILES string of the molecule is C[C@@H](O)Cc1c(Br)ccc(Cl)c1F. The van der Waals surface area contributed by atoms with Crippen molar-refractivity contribution in [3.8, 4) is 0 Å². The first-order valence-corrected chi connectivity index (χ1v) is 5.00. The molecule has 1 N–H and O–H groups in total. The molecule has 0 fully saturated rings. The Balaban J connectivity index is 3.10. The van der Waals surface area contributed by atoms with Crippen molar-refractivity contribution < 1.29 is 9.50 Å². The van der Waals surface area contributed by atoms with Crippen LogP contribution in [0.25, 0.3) is 0 Å². The number of halogens is 3. The maximum Gasteiger partial charge on any atom is 0.146 e. The Labute approximate surface area is 89.7 Å². The molecule has 0 unspecified atom stereocenters. The molecule has 0 saturated heterocycles. The van der Waals surface area contributed by atoms with Crippen LogP contribution in [0.15, 0.2) is 16.6 Å². The Morgan fingerprint density at radius 3 is 2.77 bits per heavy atom. The Bertz CT molecular complexity index is 315. The molecule has 0 amide bonds. The van der Waals surface area contributed by atoms with Gasteiger partial charge in [-0.3, -0.25) is 0 Å². The maximum atomic E-state index is 13.3. The zero-order valence-electron chi connectivity index (χ0n) is 7.02. The summed E-state index contributed by atoms with van der Waals surface area (Å²) in [5.74, 6) is -0.461. The summed E-state index contributed by atoms with van der Waals surface area (Å²) in [7, 11) is 0. The average molecular weight is 268 g/mol. The van der Waals surface area contributed by atoms with Crippen LogP contribution in [-0.2, 0) is 6.42 Å². The fourth-order valence-electron chi connectivity index (χ4n) is 1.05. The lowest BCUT2D eigenvalue weighted by molar-refractivity contribution is 0.194. The fourth-order valence-corrected chi connectivity index (χ4v) is 1.70. The maximum absolute atomic E-state index is 13.3. The lowest BCUT2D eigenvalue weighted by atomic mass is 10.1. The number of rotatable bonds is 2. The minimum Gasteiger partial charge on any atom is -0.393 e. The fraction of sp³-hybridized carbons (Fsp3) is 0.333. The second-order valence-electron chi connectivity index (χ2n) is 2.87. The van der Waals surface area contributed by atoms with E-state index in [1.165, 1.54) is 6.07 Å². The molecule has 0 radical (unpaired) electrons. The molecular formula is C9H9BrClFO. The number of hydrogen-bond donors (Lipinski definition) is 1. The van der Waals surface area contributed by atoms with Crippen LogP contribution in [0.3, 0.4) is 0 Å². The van der Waals surface area contributed by atoms with Gasteiger partial charge in [0.25, 0.3) is 0 Å². The number of hydrogen-bond acceptors (Lipinski definition) is 1. The molecule has 0 bridgehead atoms. The molecule has 1 atom stereocenters. The lowest BCUT2D eigenvalue weighted by Gasteiger charge is -2.08. The van der Waals surface area contributed by atoms with Crippen molar-refractivity contribution in [3.05, 3.63) is 33.0 Å². The van der Waals surface area contributed by atoms with Crippen molar-refractivity contribution in [2.45, 2.75) is 19.4 Å². The number of benzene rings is 1. The van der Waals surface area contributed by atoms with Gasteiger partial charge in [0.05, 0.1) is 11.1 Å². The predicted molar refractivity (Wildman–Crippen MR) is 54.5 cm³/mol. The van der Waals surface area contributed by atoms with Crippen LogP contribution in [0.1, 0.15) is 12.5 Å². The molecule has 1 aromatic carbocycles. The van der Waals surface area contributed by atoms with E-state index in [9.17, 15) is 4.39 Å². The van der Waals surface area contributed by atoms with Gasteiger partial charge >= 0.3 is 0 Å². The molecule has 0 spiro atoms. The monoisotopic (exact) mass is 266 g/mol. The highest BCUT2D eigenvalue weighted by Gasteiger charge is 2.12. The van der Waals surface area contributed by atoms with Crippen molar-refractivity contribution >= 4 is 27.5 Å². The van der Waals surface area contributed by atoms with Gasteiger partial charge in [-0.05, 0) is 19.1 Å². The Morgan fingerprint density at radius 2 is 2.23 bits per heavy atom. The van der Waals surface area contributed by atoms with Gasteiger partial charge in [0.2, 0.25) is 0 Å². The van der Waals surface area contributed by atoms with Gasteiger partial charge < -0.3 is 5.11 Å². The molecule has 0 aliphatic carbocycles. The van der Waals surface area contributed by atoms with Crippen LogP contribution in [0.2, 0.25) is 5.02 Å². The van der Waals surface area contributed by atoms with E-state index >= 15 is 0 Å². The summed E-state index contributed by atoms with van der Waals surface area (Å²) in [5, 5.41) is 9.20. The van der Waals surface area contributed by atoms with Crippen molar-refractivity contribution in [2.24, 2.45) is 0 Å². The zero-order valence-corrected chi connectivity index (χ0v) is 9.36. The molecule has 1 aromatic rings. The summed E-state index contributed by atoms with van der Waals surface area (Å²) in [5.41, 5.74) is 0.419. The van der Waals surface area contributed by atoms with Crippen molar-refractivity contribution in [1.29, 1.82) is 0 Å². The quantitative estimate of drug-likeness (QED) is 0.816. The van der Waals surface area contributed by atoms with Crippen molar-refractivity contribution in [1.82, 2.24) is 0 Å². The van der Waals surface area contributed by atoms with Crippen LogP contribution in [0.5, 0.6) is 0 Å². The van der Waals surface area contributed by atoms with Gasteiger partial charge in [-0.2, -0.15) is 0 Å². The van der Waals surface area contributed by atoms with E-state index < -0.39 is 11.9 Å². The molecule has 13 heavy (non-hydrogen) atoms. The summed E-state index contributed by atoms with van der Waals surface area (Å²) in [6.45, 7) is 1.60. The van der Waals surface area contributed by atoms with Gasteiger partial charge in [0.15, 0.2) is 0 Å². The number of aliphatic hydroxyl groups excluding tert-OH is 1. The highest BCUT2D eigenvalue weighted by molar-refractivity contribution is 9.10. The largest absolute Gasteiger partial charge is 0.393 e. The smallest absolute Gasteiger partial charge is 0.146 e. The Morgan fingerprint density at radius 1 is 1.62 bits per heavy atom. The molecule has 0 aromatic heterocycles. The van der Waals surface area contributed by atoms with Crippen LogP contribution in [0.4, 0.5) is 4.39 Å². The summed E-state index contributed by atoms with van der Waals surface area (Å²) >= 11 is 8.79. The first-order valence-electron chi connectivity index (χ1n) is 3.82. The molecule has 0 heterocycles. The molecular weight excluding hydrogens is 258 g/mol. The third-order valence-corrected chi connectivity index (χ3v) is 2.67. The second kappa shape index (κ2) is 4.40. The normalized spacial score (nSPS) is 13.0. The van der Waals surface area contributed by atoms with E-state index in [2.05, 4.69) is 15.9 Å². The molecule has 72 valence electrons. The third-order valence-electron chi connectivity index (χ3n) is 1.64. The lowest BCUT2D eigenvalue weighted by Crippen LogP contribution is -2.07. The first-order chi connectivity index (χ1) is 6.02. The van der Waals surface area contributed by atoms with Gasteiger partial charge in [-0.15, -0.1) is 0 Å². The van der Waals surface area contributed by atoms with E-state index in [-0.39, 0.29) is 11.4 Å². The molecule has 1 nitrogen and oxygen atoms in total. The highest BCUT2D eigenvalue weighted by atomic mass is 79.9. The molecule has 0 aliphatic rings. The van der Waals surface area contributed by atoms with Crippen LogP contribution < -0.4 is 0 Å². The third kappa shape index (κ3) is 2.66. The topological polar surface area (TPSA) is 20.2 Å². The van der Waals surface area contributed by atoms with Gasteiger partial charge in [0.1, 0.15) is 5.82 Å². The Hall–Kier alpha value is -0.120. The summed E-state index contributed by atoms with van der Waals surface area (Å²) in [6.07, 6.45) is -0.322. The minimum atomic E-state index is -0.579. The summed E-state index contributed by atoms with van der Waals surface area (Å²) in [6, 6.07) is 3.15.